The van der Waals surface area contributed by atoms with Crippen molar-refractivity contribution >= 4 is 5.91 Å². The molecule has 4 heteroatoms. The molecule has 88 valence electrons. The first kappa shape index (κ1) is 11.2. The van der Waals surface area contributed by atoms with Crippen LogP contribution in [0.3, 0.4) is 0 Å². The van der Waals surface area contributed by atoms with Crippen molar-refractivity contribution < 1.29 is 4.79 Å². The fourth-order valence-corrected chi connectivity index (χ4v) is 2.40. The quantitative estimate of drug-likeness (QED) is 0.819. The van der Waals surface area contributed by atoms with Crippen molar-refractivity contribution in [1.29, 1.82) is 0 Å². The van der Waals surface area contributed by atoms with Gasteiger partial charge in [0.25, 0.3) is 5.91 Å². The molecule has 1 aliphatic carbocycles. The topological polar surface area (TPSA) is 57.8 Å². The highest BCUT2D eigenvalue weighted by molar-refractivity contribution is 5.93. The third-order valence-electron chi connectivity index (χ3n) is 3.57. The van der Waals surface area contributed by atoms with E-state index in [4.69, 9.17) is 0 Å². The van der Waals surface area contributed by atoms with Gasteiger partial charge in [0.1, 0.15) is 0 Å². The second-order valence-corrected chi connectivity index (χ2v) is 4.72. The van der Waals surface area contributed by atoms with Crippen molar-refractivity contribution in [3.8, 4) is 0 Å². The number of hydrogen-bond acceptors (Lipinski definition) is 2. The summed E-state index contributed by atoms with van der Waals surface area (Å²) in [5.41, 5.74) is 0.614. The van der Waals surface area contributed by atoms with E-state index in [-0.39, 0.29) is 5.91 Å². The summed E-state index contributed by atoms with van der Waals surface area (Å²) in [7, 11) is 0. The summed E-state index contributed by atoms with van der Waals surface area (Å²) in [6.07, 6.45) is 8.36. The van der Waals surface area contributed by atoms with Gasteiger partial charge in [-0.25, -0.2) is 0 Å². The Bertz CT molecular complexity index is 334. The summed E-state index contributed by atoms with van der Waals surface area (Å²) in [5, 5.41) is 9.40. The monoisotopic (exact) mass is 221 g/mol. The molecule has 1 aromatic heterocycles. The number of nitrogens with one attached hydrogen (secondary N) is 2. The molecule has 0 spiro atoms. The first-order chi connectivity index (χ1) is 7.77. The summed E-state index contributed by atoms with van der Waals surface area (Å²) in [6, 6.07) is 0. The second-order valence-electron chi connectivity index (χ2n) is 4.72. The molecule has 0 saturated heterocycles. The van der Waals surface area contributed by atoms with Gasteiger partial charge in [-0.05, 0) is 18.3 Å². The van der Waals surface area contributed by atoms with Crippen LogP contribution >= 0.6 is 0 Å². The molecule has 0 radical (unpaired) electrons. The standard InChI is InChI=1S/C12H19N3O/c1-9-4-2-3-5-10(9)6-13-12(16)11-7-14-15-8-11/h7-10H,2-6H2,1H3,(H,13,16)(H,14,15). The summed E-state index contributed by atoms with van der Waals surface area (Å²) >= 11 is 0. The predicted molar refractivity (Wildman–Crippen MR) is 62.0 cm³/mol. The van der Waals surface area contributed by atoms with E-state index in [0.717, 1.165) is 12.5 Å². The molecule has 2 atom stereocenters. The average molecular weight is 221 g/mol. The van der Waals surface area contributed by atoms with Crippen LogP contribution in [-0.2, 0) is 0 Å². The highest BCUT2D eigenvalue weighted by Gasteiger charge is 2.21. The maximum Gasteiger partial charge on any atom is 0.254 e. The SMILES string of the molecule is CC1CCCCC1CNC(=O)c1cn[nH]c1. The molecule has 1 heterocycles. The average Bonchev–Trinajstić information content (AvgIpc) is 2.81. The molecule has 0 bridgehead atoms. The van der Waals surface area contributed by atoms with Crippen molar-refractivity contribution in [2.45, 2.75) is 32.6 Å². The number of carbonyl (C=O) groups excluding carboxylic acids is 1. The van der Waals surface area contributed by atoms with Crippen LogP contribution in [0.2, 0.25) is 0 Å². The summed E-state index contributed by atoms with van der Waals surface area (Å²) in [6.45, 7) is 3.08. The molecule has 2 unspecified atom stereocenters. The Morgan fingerprint density at radius 2 is 2.38 bits per heavy atom. The van der Waals surface area contributed by atoms with Crippen molar-refractivity contribution in [1.82, 2.24) is 15.5 Å². The van der Waals surface area contributed by atoms with E-state index in [2.05, 4.69) is 22.4 Å². The van der Waals surface area contributed by atoms with Gasteiger partial charge in [-0.15, -0.1) is 0 Å². The Balaban J connectivity index is 1.80. The van der Waals surface area contributed by atoms with E-state index < -0.39 is 0 Å². The molecular formula is C12H19N3O. The number of hydrogen-bond donors (Lipinski definition) is 2. The van der Waals surface area contributed by atoms with Gasteiger partial charge in [0.15, 0.2) is 0 Å². The van der Waals surface area contributed by atoms with E-state index >= 15 is 0 Å². The van der Waals surface area contributed by atoms with Gasteiger partial charge in [-0.1, -0.05) is 26.2 Å². The predicted octanol–water partition coefficient (Wildman–Crippen LogP) is 1.97. The van der Waals surface area contributed by atoms with Crippen LogP contribution in [0.25, 0.3) is 0 Å². The molecule has 1 aromatic rings. The third-order valence-corrected chi connectivity index (χ3v) is 3.57. The molecular weight excluding hydrogens is 202 g/mol. The van der Waals surface area contributed by atoms with E-state index in [1.165, 1.54) is 25.7 Å². The molecule has 1 amide bonds. The zero-order valence-corrected chi connectivity index (χ0v) is 9.70. The lowest BCUT2D eigenvalue weighted by Crippen LogP contribution is -2.33. The highest BCUT2D eigenvalue weighted by Crippen LogP contribution is 2.28. The number of nitrogens with zero attached hydrogens (tertiary/aromatic N) is 1. The van der Waals surface area contributed by atoms with Gasteiger partial charge in [-0.2, -0.15) is 5.10 Å². The molecule has 1 saturated carbocycles. The smallest absolute Gasteiger partial charge is 0.254 e. The van der Waals surface area contributed by atoms with Crippen LogP contribution in [0.5, 0.6) is 0 Å². The lowest BCUT2D eigenvalue weighted by Gasteiger charge is -2.28. The lowest BCUT2D eigenvalue weighted by atomic mass is 9.80. The Morgan fingerprint density at radius 3 is 3.06 bits per heavy atom. The van der Waals surface area contributed by atoms with Gasteiger partial charge in [0.05, 0.1) is 11.8 Å². The highest BCUT2D eigenvalue weighted by atomic mass is 16.1. The molecule has 0 aliphatic heterocycles. The minimum absolute atomic E-state index is 0.0217. The molecule has 1 fully saturated rings. The van der Waals surface area contributed by atoms with Crippen molar-refractivity contribution in [3.05, 3.63) is 18.0 Å². The number of carbonyl (C=O) groups is 1. The van der Waals surface area contributed by atoms with Gasteiger partial charge in [0.2, 0.25) is 0 Å². The van der Waals surface area contributed by atoms with Gasteiger partial charge >= 0.3 is 0 Å². The molecule has 1 aliphatic rings. The molecule has 16 heavy (non-hydrogen) atoms. The molecule has 2 rings (SSSR count). The van der Waals surface area contributed by atoms with Crippen LogP contribution in [0.15, 0.2) is 12.4 Å². The minimum atomic E-state index is -0.0217. The first-order valence-electron chi connectivity index (χ1n) is 6.04. The number of rotatable bonds is 3. The number of aromatic amines is 1. The molecule has 0 aromatic carbocycles. The first-order valence-corrected chi connectivity index (χ1v) is 6.04. The summed E-state index contributed by atoms with van der Waals surface area (Å²) in [4.78, 5) is 11.7. The fourth-order valence-electron chi connectivity index (χ4n) is 2.40. The van der Waals surface area contributed by atoms with Crippen LogP contribution in [0, 0.1) is 11.8 Å². The molecule has 4 nitrogen and oxygen atoms in total. The Labute approximate surface area is 95.8 Å². The lowest BCUT2D eigenvalue weighted by molar-refractivity contribution is 0.0936. The van der Waals surface area contributed by atoms with Crippen LogP contribution in [-0.4, -0.2) is 22.6 Å². The maximum atomic E-state index is 11.7. The third kappa shape index (κ3) is 2.62. The van der Waals surface area contributed by atoms with Crippen molar-refractivity contribution in [2.75, 3.05) is 6.54 Å². The number of amides is 1. The number of H-pyrrole nitrogens is 1. The van der Waals surface area contributed by atoms with Gasteiger partial charge in [-0.3, -0.25) is 9.89 Å². The summed E-state index contributed by atoms with van der Waals surface area (Å²) < 4.78 is 0. The van der Waals surface area contributed by atoms with E-state index in [1.54, 1.807) is 12.4 Å². The minimum Gasteiger partial charge on any atom is -0.352 e. The van der Waals surface area contributed by atoms with Crippen LogP contribution in [0.4, 0.5) is 0 Å². The van der Waals surface area contributed by atoms with Crippen molar-refractivity contribution in [3.63, 3.8) is 0 Å². The van der Waals surface area contributed by atoms with E-state index in [0.29, 0.717) is 11.5 Å². The number of aromatic nitrogens is 2. The van der Waals surface area contributed by atoms with Crippen molar-refractivity contribution in [2.24, 2.45) is 11.8 Å². The zero-order chi connectivity index (χ0) is 11.4. The maximum absolute atomic E-state index is 11.7. The van der Waals surface area contributed by atoms with E-state index in [9.17, 15) is 4.79 Å². The normalized spacial score (nSPS) is 25.3. The largest absolute Gasteiger partial charge is 0.352 e. The van der Waals surface area contributed by atoms with Gasteiger partial charge in [0, 0.05) is 12.7 Å². The van der Waals surface area contributed by atoms with Crippen LogP contribution < -0.4 is 5.32 Å². The Kier molecular flexibility index (Phi) is 3.59. The van der Waals surface area contributed by atoms with E-state index in [1.807, 2.05) is 0 Å². The fraction of sp³-hybridized carbons (Fsp3) is 0.667. The molecule has 2 N–H and O–H groups in total. The zero-order valence-electron chi connectivity index (χ0n) is 9.70. The summed E-state index contributed by atoms with van der Waals surface area (Å²) in [5.74, 6) is 1.36. The Hall–Kier alpha value is -1.32. The van der Waals surface area contributed by atoms with Gasteiger partial charge < -0.3 is 5.32 Å². The Morgan fingerprint density at radius 1 is 1.56 bits per heavy atom. The van der Waals surface area contributed by atoms with Crippen LogP contribution in [0.1, 0.15) is 43.0 Å². The second kappa shape index (κ2) is 5.14.